The number of halogens is 1. The second kappa shape index (κ2) is 8.83. The smallest absolute Gasteiger partial charge is 0.310 e. The lowest BCUT2D eigenvalue weighted by molar-refractivity contribution is -0.149. The largest absolute Gasteiger partial charge is 0.466 e. The Morgan fingerprint density at radius 2 is 2.21 bits per heavy atom. The highest BCUT2D eigenvalue weighted by molar-refractivity contribution is 5.83. The molecule has 2 aromatic rings. The van der Waals surface area contributed by atoms with E-state index in [0.29, 0.717) is 6.61 Å². The molecular weight excluding hydrogens is 307 g/mol. The Hall–Kier alpha value is -1.88. The molecule has 0 amide bonds. The maximum atomic E-state index is 12.7. The van der Waals surface area contributed by atoms with Gasteiger partial charge in [-0.05, 0) is 63.5 Å². The molecule has 1 aliphatic rings. The molecule has 24 heavy (non-hydrogen) atoms. The minimum absolute atomic E-state index is 0.0240. The lowest BCUT2D eigenvalue weighted by atomic mass is 9.99. The Morgan fingerprint density at radius 3 is 2.88 bits per heavy atom. The first-order chi connectivity index (χ1) is 11.5. The van der Waals surface area contributed by atoms with E-state index in [2.05, 4.69) is 16.8 Å². The number of benzene rings is 1. The van der Waals surface area contributed by atoms with Gasteiger partial charge in [0.15, 0.2) is 0 Å². The van der Waals surface area contributed by atoms with Gasteiger partial charge in [-0.2, -0.15) is 0 Å². The van der Waals surface area contributed by atoms with E-state index in [9.17, 15) is 9.18 Å². The van der Waals surface area contributed by atoms with E-state index in [1.807, 2.05) is 26.2 Å². The standard InChI is InChI=1S/C10H10FN.C9H17NO2/c1-2-7-6-12-10-5-8(11)3-4-9(7)10;1-3-12-9(11)8-5-4-6-10(2)7-8/h3-6,12H,2H2,1H3;8H,3-7H2,1-2H3/t;8-/m.0/s1. The summed E-state index contributed by atoms with van der Waals surface area (Å²) >= 11 is 0. The van der Waals surface area contributed by atoms with Crippen LogP contribution in [-0.4, -0.2) is 42.6 Å². The van der Waals surface area contributed by atoms with Crippen LogP contribution in [0.4, 0.5) is 4.39 Å². The number of hydrogen-bond donors (Lipinski definition) is 1. The van der Waals surface area contributed by atoms with Gasteiger partial charge < -0.3 is 14.6 Å². The van der Waals surface area contributed by atoms with Gasteiger partial charge in [0.05, 0.1) is 12.5 Å². The summed E-state index contributed by atoms with van der Waals surface area (Å²) in [7, 11) is 2.05. The molecule has 0 unspecified atom stereocenters. The van der Waals surface area contributed by atoms with E-state index >= 15 is 0 Å². The molecule has 1 fully saturated rings. The number of aryl methyl sites for hydroxylation is 1. The molecule has 5 heteroatoms. The van der Waals surface area contributed by atoms with Gasteiger partial charge in [-0.25, -0.2) is 4.39 Å². The predicted molar refractivity (Wildman–Crippen MR) is 94.5 cm³/mol. The summed E-state index contributed by atoms with van der Waals surface area (Å²) in [5.41, 5.74) is 2.12. The number of esters is 1. The van der Waals surface area contributed by atoms with Gasteiger partial charge in [-0.3, -0.25) is 4.79 Å². The molecule has 1 aliphatic heterocycles. The van der Waals surface area contributed by atoms with Crippen LogP contribution in [0.25, 0.3) is 10.9 Å². The van der Waals surface area contributed by atoms with Crippen LogP contribution in [0.5, 0.6) is 0 Å². The maximum absolute atomic E-state index is 12.7. The third-order valence-electron chi connectivity index (χ3n) is 4.35. The molecule has 0 aliphatic carbocycles. The number of nitrogens with zero attached hydrogens (tertiary/aromatic N) is 1. The second-order valence-electron chi connectivity index (χ2n) is 6.21. The van der Waals surface area contributed by atoms with Crippen LogP contribution in [0.1, 0.15) is 32.3 Å². The van der Waals surface area contributed by atoms with Gasteiger partial charge in [-0.1, -0.05) is 6.92 Å². The Labute approximate surface area is 143 Å². The number of ether oxygens (including phenoxy) is 1. The summed E-state index contributed by atoms with van der Waals surface area (Å²) in [6, 6.07) is 4.84. The summed E-state index contributed by atoms with van der Waals surface area (Å²) in [4.78, 5) is 16.5. The molecule has 2 heterocycles. The Morgan fingerprint density at radius 1 is 1.42 bits per heavy atom. The molecule has 0 bridgehead atoms. The van der Waals surface area contributed by atoms with Gasteiger partial charge in [-0.15, -0.1) is 0 Å². The molecule has 132 valence electrons. The molecule has 1 atom stereocenters. The SMILES string of the molecule is CCOC(=O)[C@H]1CCCN(C)C1.CCc1c[nH]c2cc(F)ccc12. The quantitative estimate of drug-likeness (QED) is 0.869. The first-order valence-electron chi connectivity index (χ1n) is 8.65. The summed E-state index contributed by atoms with van der Waals surface area (Å²) in [6.45, 7) is 6.41. The molecule has 1 aromatic heterocycles. The average molecular weight is 334 g/mol. The fourth-order valence-corrected chi connectivity index (χ4v) is 3.07. The van der Waals surface area contributed by atoms with Gasteiger partial charge in [0.2, 0.25) is 0 Å². The lowest BCUT2D eigenvalue weighted by Gasteiger charge is -2.27. The summed E-state index contributed by atoms with van der Waals surface area (Å²) in [6.07, 6.45) is 5.01. The van der Waals surface area contributed by atoms with Crippen LogP contribution in [0.3, 0.4) is 0 Å². The van der Waals surface area contributed by atoms with Gasteiger partial charge in [0.1, 0.15) is 5.82 Å². The zero-order valence-corrected chi connectivity index (χ0v) is 14.8. The first-order valence-corrected chi connectivity index (χ1v) is 8.65. The number of H-pyrrole nitrogens is 1. The summed E-state index contributed by atoms with van der Waals surface area (Å²) in [5.74, 6) is -0.0975. The molecule has 1 aromatic carbocycles. The van der Waals surface area contributed by atoms with Crippen molar-refractivity contribution in [3.8, 4) is 0 Å². The molecule has 0 spiro atoms. The number of piperidine rings is 1. The highest BCUT2D eigenvalue weighted by atomic mass is 19.1. The van der Waals surface area contributed by atoms with Crippen LogP contribution in [-0.2, 0) is 16.0 Å². The van der Waals surface area contributed by atoms with Crippen LogP contribution in [0, 0.1) is 11.7 Å². The summed E-state index contributed by atoms with van der Waals surface area (Å²) < 4.78 is 17.7. The lowest BCUT2D eigenvalue weighted by Crippen LogP contribution is -2.36. The van der Waals surface area contributed by atoms with E-state index in [1.165, 1.54) is 17.7 Å². The minimum Gasteiger partial charge on any atom is -0.466 e. The highest BCUT2D eigenvalue weighted by Crippen LogP contribution is 2.19. The van der Waals surface area contributed by atoms with Crippen LogP contribution in [0.2, 0.25) is 0 Å². The number of carbonyl (C=O) groups excluding carboxylic acids is 1. The number of aromatic nitrogens is 1. The zero-order chi connectivity index (χ0) is 17.5. The Balaban J connectivity index is 0.000000174. The van der Waals surface area contributed by atoms with E-state index < -0.39 is 0 Å². The van der Waals surface area contributed by atoms with E-state index in [1.54, 1.807) is 0 Å². The Kier molecular flexibility index (Phi) is 6.79. The van der Waals surface area contributed by atoms with Crippen LogP contribution >= 0.6 is 0 Å². The molecule has 0 saturated carbocycles. The summed E-state index contributed by atoms with van der Waals surface area (Å²) in [5, 5.41) is 1.12. The van der Waals surface area contributed by atoms with Crippen molar-refractivity contribution in [3.63, 3.8) is 0 Å². The van der Waals surface area contributed by atoms with Crippen molar-refractivity contribution in [1.82, 2.24) is 9.88 Å². The number of carbonyl (C=O) groups is 1. The van der Waals surface area contributed by atoms with Gasteiger partial charge in [0, 0.05) is 23.6 Å². The normalized spacial score (nSPS) is 18.1. The van der Waals surface area contributed by atoms with E-state index in [-0.39, 0.29) is 17.7 Å². The van der Waals surface area contributed by atoms with E-state index in [0.717, 1.165) is 43.3 Å². The van der Waals surface area contributed by atoms with Crippen molar-refractivity contribution in [1.29, 1.82) is 0 Å². The van der Waals surface area contributed by atoms with Crippen molar-refractivity contribution < 1.29 is 13.9 Å². The maximum Gasteiger partial charge on any atom is 0.310 e. The van der Waals surface area contributed by atoms with E-state index in [4.69, 9.17) is 4.74 Å². The number of nitrogens with one attached hydrogen (secondary N) is 1. The monoisotopic (exact) mass is 334 g/mol. The number of fused-ring (bicyclic) bond motifs is 1. The molecule has 1 N–H and O–H groups in total. The Bertz CT molecular complexity index is 668. The fraction of sp³-hybridized carbons (Fsp3) is 0.526. The van der Waals surface area contributed by atoms with Crippen molar-refractivity contribution >= 4 is 16.9 Å². The number of rotatable bonds is 3. The van der Waals surface area contributed by atoms with Crippen LogP contribution < -0.4 is 0 Å². The fourth-order valence-electron chi connectivity index (χ4n) is 3.07. The number of hydrogen-bond acceptors (Lipinski definition) is 3. The first kappa shape index (κ1) is 18.5. The second-order valence-corrected chi connectivity index (χ2v) is 6.21. The third kappa shape index (κ3) is 4.81. The number of likely N-dealkylation sites (tertiary alicyclic amines) is 1. The molecule has 1 saturated heterocycles. The number of aromatic amines is 1. The third-order valence-corrected chi connectivity index (χ3v) is 4.35. The molecule has 3 rings (SSSR count). The average Bonchev–Trinajstić information content (AvgIpc) is 2.97. The van der Waals surface area contributed by atoms with Gasteiger partial charge in [0.25, 0.3) is 0 Å². The van der Waals surface area contributed by atoms with Crippen molar-refractivity contribution in [2.24, 2.45) is 5.92 Å². The van der Waals surface area contributed by atoms with Crippen molar-refractivity contribution in [2.75, 3.05) is 26.7 Å². The van der Waals surface area contributed by atoms with Crippen LogP contribution in [0.15, 0.2) is 24.4 Å². The molecular formula is C19H27FN2O2. The van der Waals surface area contributed by atoms with Gasteiger partial charge >= 0.3 is 5.97 Å². The molecule has 4 nitrogen and oxygen atoms in total. The highest BCUT2D eigenvalue weighted by Gasteiger charge is 2.24. The molecule has 0 radical (unpaired) electrons. The van der Waals surface area contributed by atoms with Crippen molar-refractivity contribution in [3.05, 3.63) is 35.8 Å². The zero-order valence-electron chi connectivity index (χ0n) is 14.8. The minimum atomic E-state index is -0.188. The topological polar surface area (TPSA) is 45.3 Å². The van der Waals surface area contributed by atoms with Crippen molar-refractivity contribution in [2.45, 2.75) is 33.1 Å². The predicted octanol–water partition coefficient (Wildman–Crippen LogP) is 3.76.